The average Bonchev–Trinajstić information content (AvgIpc) is 2.39. The summed E-state index contributed by atoms with van der Waals surface area (Å²) in [7, 11) is 0. The van der Waals surface area contributed by atoms with E-state index in [1.807, 2.05) is 6.07 Å². The molecule has 1 saturated carbocycles. The van der Waals surface area contributed by atoms with Crippen molar-refractivity contribution in [2.75, 3.05) is 0 Å². The van der Waals surface area contributed by atoms with Crippen LogP contribution in [0, 0.1) is 0 Å². The molecule has 0 unspecified atom stereocenters. The van der Waals surface area contributed by atoms with Crippen LogP contribution in [0.1, 0.15) is 31.2 Å². The first-order valence-electron chi connectivity index (χ1n) is 6.32. The number of hydrogen-bond donors (Lipinski definition) is 0. The van der Waals surface area contributed by atoms with E-state index in [0.717, 1.165) is 18.4 Å². The maximum absolute atomic E-state index is 11.6. The highest BCUT2D eigenvalue weighted by Crippen LogP contribution is 2.18. The molecule has 0 radical (unpaired) electrons. The first-order valence-corrected chi connectivity index (χ1v) is 6.70. The van der Waals surface area contributed by atoms with Gasteiger partial charge in [0, 0.05) is 17.5 Å². The minimum absolute atomic E-state index is 0.0238. The van der Waals surface area contributed by atoms with Crippen LogP contribution in [0.25, 0.3) is 6.08 Å². The van der Waals surface area contributed by atoms with E-state index in [-0.39, 0.29) is 5.78 Å². The van der Waals surface area contributed by atoms with E-state index in [0.29, 0.717) is 17.9 Å². The molecule has 0 saturated heterocycles. The Hall–Kier alpha value is -1.61. The van der Waals surface area contributed by atoms with Gasteiger partial charge in [-0.3, -0.25) is 4.79 Å². The highest BCUT2D eigenvalue weighted by molar-refractivity contribution is 6.30. The number of benzene rings is 1. The van der Waals surface area contributed by atoms with Crippen LogP contribution in [0.3, 0.4) is 0 Å². The fourth-order valence-corrected chi connectivity index (χ4v) is 2.23. The zero-order valence-corrected chi connectivity index (χ0v) is 11.2. The van der Waals surface area contributed by atoms with Crippen LogP contribution in [0.5, 0.6) is 0 Å². The zero-order valence-electron chi connectivity index (χ0n) is 10.5. The van der Waals surface area contributed by atoms with E-state index < -0.39 is 12.1 Å². The molecule has 1 aliphatic rings. The molecule has 1 aliphatic carbocycles. The van der Waals surface area contributed by atoms with E-state index in [1.165, 1.54) is 6.08 Å². The molecular weight excluding hydrogens is 264 g/mol. The van der Waals surface area contributed by atoms with Crippen LogP contribution in [0.15, 0.2) is 30.3 Å². The fraction of sp³-hybridized carbons (Fsp3) is 0.333. The number of hydrogen-bond acceptors (Lipinski definition) is 3. The first kappa shape index (κ1) is 13.8. The predicted molar refractivity (Wildman–Crippen MR) is 73.8 cm³/mol. The van der Waals surface area contributed by atoms with Crippen molar-refractivity contribution in [2.24, 2.45) is 0 Å². The lowest BCUT2D eigenvalue weighted by molar-refractivity contribution is -0.152. The lowest BCUT2D eigenvalue weighted by Gasteiger charge is -2.19. The highest BCUT2D eigenvalue weighted by atomic mass is 35.5. The molecule has 0 aromatic heterocycles. The van der Waals surface area contributed by atoms with E-state index in [9.17, 15) is 9.59 Å². The standard InChI is InChI=1S/C15H15ClO3/c16-12-5-3-4-11(10-12)8-9-15(18)19-14-7-2-1-6-13(14)17/h3-5,8-10,14H,1-2,6-7H2/b9-8+/t14-/m1/s1. The summed E-state index contributed by atoms with van der Waals surface area (Å²) in [6.45, 7) is 0. The number of carbonyl (C=O) groups excluding carboxylic acids is 2. The Balaban J connectivity index is 1.92. The van der Waals surface area contributed by atoms with E-state index in [4.69, 9.17) is 16.3 Å². The van der Waals surface area contributed by atoms with Gasteiger partial charge in [0.05, 0.1) is 0 Å². The minimum Gasteiger partial charge on any atom is -0.451 e. The first-order chi connectivity index (χ1) is 9.15. The molecule has 1 aromatic carbocycles. The molecule has 0 N–H and O–H groups in total. The normalized spacial score (nSPS) is 19.6. The smallest absolute Gasteiger partial charge is 0.331 e. The van der Waals surface area contributed by atoms with Gasteiger partial charge in [0.15, 0.2) is 11.9 Å². The summed E-state index contributed by atoms with van der Waals surface area (Å²) in [4.78, 5) is 23.2. The Morgan fingerprint density at radius 1 is 1.37 bits per heavy atom. The Morgan fingerprint density at radius 2 is 2.21 bits per heavy atom. The average molecular weight is 279 g/mol. The molecule has 0 spiro atoms. The molecule has 3 nitrogen and oxygen atoms in total. The minimum atomic E-state index is -0.565. The molecule has 1 fully saturated rings. The number of carbonyl (C=O) groups is 2. The number of Topliss-reactive ketones (excluding diaryl/α,β-unsaturated/α-hetero) is 1. The lowest BCUT2D eigenvalue weighted by atomic mass is 9.96. The molecule has 1 aromatic rings. The molecule has 100 valence electrons. The number of ketones is 1. The lowest BCUT2D eigenvalue weighted by Crippen LogP contribution is -2.29. The van der Waals surface area contributed by atoms with Crippen molar-refractivity contribution >= 4 is 29.4 Å². The Bertz CT molecular complexity index is 508. The van der Waals surface area contributed by atoms with Crippen LogP contribution < -0.4 is 0 Å². The second-order valence-corrected chi connectivity index (χ2v) is 4.96. The van der Waals surface area contributed by atoms with Gasteiger partial charge in [-0.2, -0.15) is 0 Å². The van der Waals surface area contributed by atoms with Gasteiger partial charge < -0.3 is 4.74 Å². The summed E-state index contributed by atoms with van der Waals surface area (Å²) < 4.78 is 5.15. The van der Waals surface area contributed by atoms with Crippen LogP contribution in [-0.4, -0.2) is 17.9 Å². The third-order valence-corrected chi connectivity index (χ3v) is 3.25. The van der Waals surface area contributed by atoms with Crippen molar-refractivity contribution in [3.8, 4) is 0 Å². The summed E-state index contributed by atoms with van der Waals surface area (Å²) in [5, 5.41) is 0.609. The molecule has 4 heteroatoms. The summed E-state index contributed by atoms with van der Waals surface area (Å²) in [5.41, 5.74) is 0.819. The predicted octanol–water partition coefficient (Wildman–Crippen LogP) is 3.41. The number of rotatable bonds is 3. The Labute approximate surface area is 117 Å². The van der Waals surface area contributed by atoms with E-state index in [2.05, 4.69) is 0 Å². The van der Waals surface area contributed by atoms with Gasteiger partial charge in [0.2, 0.25) is 0 Å². The SMILES string of the molecule is O=C(/C=C/c1cccc(Cl)c1)O[C@@H]1CCCCC1=O. The second-order valence-electron chi connectivity index (χ2n) is 4.53. The maximum atomic E-state index is 11.6. The van der Waals surface area contributed by atoms with Crippen molar-refractivity contribution in [3.05, 3.63) is 40.9 Å². The van der Waals surface area contributed by atoms with Crippen molar-refractivity contribution < 1.29 is 14.3 Å². The monoisotopic (exact) mass is 278 g/mol. The second kappa shape index (κ2) is 6.53. The summed E-state index contributed by atoms with van der Waals surface area (Å²) in [6, 6.07) is 7.15. The maximum Gasteiger partial charge on any atom is 0.331 e. The van der Waals surface area contributed by atoms with Crippen molar-refractivity contribution in [3.63, 3.8) is 0 Å². The fourth-order valence-electron chi connectivity index (χ4n) is 2.03. The van der Waals surface area contributed by atoms with Gasteiger partial charge in [-0.25, -0.2) is 4.79 Å². The molecule has 0 heterocycles. The van der Waals surface area contributed by atoms with Crippen LogP contribution in [0.4, 0.5) is 0 Å². The van der Waals surface area contributed by atoms with Gasteiger partial charge in [-0.05, 0) is 43.0 Å². The highest BCUT2D eigenvalue weighted by Gasteiger charge is 2.24. The molecule has 1 atom stereocenters. The Morgan fingerprint density at radius 3 is 2.95 bits per heavy atom. The zero-order chi connectivity index (χ0) is 13.7. The van der Waals surface area contributed by atoms with Gasteiger partial charge >= 0.3 is 5.97 Å². The topological polar surface area (TPSA) is 43.4 Å². The van der Waals surface area contributed by atoms with Crippen molar-refractivity contribution in [2.45, 2.75) is 31.8 Å². The van der Waals surface area contributed by atoms with E-state index >= 15 is 0 Å². The van der Waals surface area contributed by atoms with E-state index in [1.54, 1.807) is 24.3 Å². The Kier molecular flexibility index (Phi) is 4.74. The summed E-state index contributed by atoms with van der Waals surface area (Å²) in [6.07, 6.45) is 5.36. The van der Waals surface area contributed by atoms with Crippen molar-refractivity contribution in [1.29, 1.82) is 0 Å². The largest absolute Gasteiger partial charge is 0.451 e. The quantitative estimate of drug-likeness (QED) is 0.629. The molecule has 0 amide bonds. The summed E-state index contributed by atoms with van der Waals surface area (Å²) >= 11 is 5.84. The van der Waals surface area contributed by atoms with Crippen LogP contribution >= 0.6 is 11.6 Å². The van der Waals surface area contributed by atoms with Gasteiger partial charge in [-0.15, -0.1) is 0 Å². The molecule has 19 heavy (non-hydrogen) atoms. The van der Waals surface area contributed by atoms with Crippen LogP contribution in [-0.2, 0) is 14.3 Å². The molecular formula is C15H15ClO3. The number of ether oxygens (including phenoxy) is 1. The third kappa shape index (κ3) is 4.21. The molecule has 0 aliphatic heterocycles. The number of halogens is 1. The summed E-state index contributed by atoms with van der Waals surface area (Å²) in [5.74, 6) is -0.462. The van der Waals surface area contributed by atoms with Gasteiger partial charge in [-0.1, -0.05) is 23.7 Å². The van der Waals surface area contributed by atoms with Gasteiger partial charge in [0.25, 0.3) is 0 Å². The van der Waals surface area contributed by atoms with Crippen LogP contribution in [0.2, 0.25) is 5.02 Å². The number of esters is 1. The van der Waals surface area contributed by atoms with Crippen molar-refractivity contribution in [1.82, 2.24) is 0 Å². The molecule has 0 bridgehead atoms. The van der Waals surface area contributed by atoms with Gasteiger partial charge in [0.1, 0.15) is 0 Å². The third-order valence-electron chi connectivity index (χ3n) is 3.02. The molecule has 2 rings (SSSR count).